The highest BCUT2D eigenvalue weighted by Crippen LogP contribution is 2.08. The van der Waals surface area contributed by atoms with Gasteiger partial charge in [0.05, 0.1) is 4.92 Å². The molecule has 0 aromatic carbocycles. The first kappa shape index (κ1) is 24.3. The molecule has 0 aromatic heterocycles. The molecule has 0 rings (SSSR count). The third-order valence-corrected chi connectivity index (χ3v) is 3.67. The molecule has 5 heteroatoms. The molecule has 0 bridgehead atoms. The molecule has 1 N–H and O–H groups in total. The molecule has 0 aromatic rings. The zero-order chi connectivity index (χ0) is 20.2. The van der Waals surface area contributed by atoms with Crippen molar-refractivity contribution >= 4 is 5.97 Å². The molecule has 148 valence electrons. The Bertz CT molecular complexity index is 579. The molecule has 0 aliphatic heterocycles. The number of carboxylic acids is 1. The topological polar surface area (TPSA) is 80.4 Å². The number of rotatable bonds is 15. The number of aliphatic carboxylic acids is 1. The summed E-state index contributed by atoms with van der Waals surface area (Å²) in [6, 6.07) is 0. The highest BCUT2D eigenvalue weighted by Gasteiger charge is 2.18. The molecule has 0 aliphatic carbocycles. The van der Waals surface area contributed by atoms with Crippen molar-refractivity contribution in [1.82, 2.24) is 0 Å². The van der Waals surface area contributed by atoms with E-state index < -0.39 is 16.6 Å². The van der Waals surface area contributed by atoms with Crippen molar-refractivity contribution in [2.24, 2.45) is 0 Å². The monoisotopic (exact) mass is 373 g/mol. The van der Waals surface area contributed by atoms with Gasteiger partial charge < -0.3 is 5.11 Å². The fourth-order valence-electron chi connectivity index (χ4n) is 2.20. The van der Waals surface area contributed by atoms with Crippen molar-refractivity contribution in [3.8, 4) is 0 Å². The number of allylic oxidation sites excluding steroid dienone is 11. The van der Waals surface area contributed by atoms with Crippen LogP contribution >= 0.6 is 0 Å². The van der Waals surface area contributed by atoms with E-state index in [1.54, 1.807) is 12.2 Å². The summed E-state index contributed by atoms with van der Waals surface area (Å²) in [6.07, 6.45) is 29.4. The minimum atomic E-state index is -1.56. The molecule has 5 nitrogen and oxygen atoms in total. The lowest BCUT2D eigenvalue weighted by atomic mass is 10.1. The number of carboxylic acid groups (broad SMARTS) is 1. The highest BCUT2D eigenvalue weighted by atomic mass is 16.6. The first-order valence-electron chi connectivity index (χ1n) is 9.50. The Balaban J connectivity index is 3.87. The van der Waals surface area contributed by atoms with E-state index in [2.05, 4.69) is 13.0 Å². The number of carbonyl (C=O) groups is 1. The van der Waals surface area contributed by atoms with Crippen LogP contribution < -0.4 is 0 Å². The van der Waals surface area contributed by atoms with Crippen molar-refractivity contribution in [3.05, 3.63) is 82.6 Å². The lowest BCUT2D eigenvalue weighted by Crippen LogP contribution is -2.09. The van der Waals surface area contributed by atoms with Gasteiger partial charge in [-0.2, -0.15) is 0 Å². The van der Waals surface area contributed by atoms with Crippen LogP contribution in [0.25, 0.3) is 0 Å². The van der Waals surface area contributed by atoms with Crippen LogP contribution in [0.5, 0.6) is 0 Å². The van der Waals surface area contributed by atoms with Crippen LogP contribution in [0.2, 0.25) is 0 Å². The Morgan fingerprint density at radius 2 is 1.30 bits per heavy atom. The number of nitro groups is 1. The molecule has 0 heterocycles. The Morgan fingerprint density at radius 3 is 1.81 bits per heavy atom. The third kappa shape index (κ3) is 16.5. The maximum atomic E-state index is 10.6. The van der Waals surface area contributed by atoms with Crippen LogP contribution in [0.15, 0.2) is 72.5 Å². The minimum Gasteiger partial charge on any atom is -0.473 e. The summed E-state index contributed by atoms with van der Waals surface area (Å²) in [5.74, 6) is -1.56. The maximum Gasteiger partial charge on any atom is 0.407 e. The number of hydrogen-bond donors (Lipinski definition) is 1. The van der Waals surface area contributed by atoms with Gasteiger partial charge in [0.2, 0.25) is 0 Å². The normalized spacial score (nSPS) is 13.1. The van der Waals surface area contributed by atoms with Gasteiger partial charge in [0.15, 0.2) is 0 Å². The zero-order valence-corrected chi connectivity index (χ0v) is 16.1. The van der Waals surface area contributed by atoms with Crippen molar-refractivity contribution in [3.63, 3.8) is 0 Å². The first-order chi connectivity index (χ1) is 13.1. The average molecular weight is 373 g/mol. The van der Waals surface area contributed by atoms with E-state index in [4.69, 9.17) is 5.11 Å². The van der Waals surface area contributed by atoms with E-state index in [-0.39, 0.29) is 0 Å². The molecule has 0 fully saturated rings. The molecule has 0 radical (unpaired) electrons. The molecule has 0 unspecified atom stereocenters. The molecule has 0 aliphatic rings. The molecule has 0 amide bonds. The van der Waals surface area contributed by atoms with E-state index in [0.29, 0.717) is 0 Å². The zero-order valence-electron chi connectivity index (χ0n) is 16.1. The second-order valence-corrected chi connectivity index (χ2v) is 5.99. The van der Waals surface area contributed by atoms with Gasteiger partial charge in [-0.25, -0.2) is 4.79 Å². The second-order valence-electron chi connectivity index (χ2n) is 5.99. The molecule has 0 saturated heterocycles. The number of hydrogen-bond acceptors (Lipinski definition) is 3. The van der Waals surface area contributed by atoms with Gasteiger partial charge in [-0.05, 0) is 12.8 Å². The van der Waals surface area contributed by atoms with Gasteiger partial charge in [0, 0.05) is 6.08 Å². The SMILES string of the molecule is CCCCCCCCCC=CC=CC=CC=CC=CC=C(C(=O)O)[N+](=O)[O-]. The Morgan fingerprint density at radius 1 is 0.815 bits per heavy atom. The summed E-state index contributed by atoms with van der Waals surface area (Å²) in [6.45, 7) is 2.24. The van der Waals surface area contributed by atoms with E-state index in [1.807, 2.05) is 30.4 Å². The Hall–Kier alpha value is -2.69. The Labute approximate surface area is 162 Å². The predicted octanol–water partition coefficient (Wildman–Crippen LogP) is 6.15. The van der Waals surface area contributed by atoms with Crippen LogP contribution in [-0.2, 0) is 4.79 Å². The summed E-state index contributed by atoms with van der Waals surface area (Å²) in [4.78, 5) is 20.1. The maximum absolute atomic E-state index is 10.6. The van der Waals surface area contributed by atoms with Gasteiger partial charge in [-0.15, -0.1) is 0 Å². The fraction of sp³-hybridized carbons (Fsp3) is 0.409. The van der Waals surface area contributed by atoms with E-state index in [0.717, 1.165) is 12.5 Å². The lowest BCUT2D eigenvalue weighted by molar-refractivity contribution is -0.420. The third-order valence-electron chi connectivity index (χ3n) is 3.67. The second kappa shape index (κ2) is 18.1. The summed E-state index contributed by atoms with van der Waals surface area (Å²) >= 11 is 0. The van der Waals surface area contributed by atoms with Crippen LogP contribution in [0, 0.1) is 10.1 Å². The molecule has 0 saturated carbocycles. The van der Waals surface area contributed by atoms with Crippen LogP contribution in [-0.4, -0.2) is 16.0 Å². The van der Waals surface area contributed by atoms with E-state index in [9.17, 15) is 14.9 Å². The molecule has 27 heavy (non-hydrogen) atoms. The van der Waals surface area contributed by atoms with Crippen molar-refractivity contribution in [2.75, 3.05) is 0 Å². The smallest absolute Gasteiger partial charge is 0.407 e. The quantitative estimate of drug-likeness (QED) is 0.123. The summed E-state index contributed by atoms with van der Waals surface area (Å²) in [7, 11) is 0. The van der Waals surface area contributed by atoms with Crippen molar-refractivity contribution < 1.29 is 14.8 Å². The fourth-order valence-corrected chi connectivity index (χ4v) is 2.20. The van der Waals surface area contributed by atoms with Gasteiger partial charge in [0.25, 0.3) is 0 Å². The van der Waals surface area contributed by atoms with Crippen molar-refractivity contribution in [1.29, 1.82) is 0 Å². The molecular weight excluding hydrogens is 342 g/mol. The Kier molecular flexibility index (Phi) is 16.3. The van der Waals surface area contributed by atoms with Gasteiger partial charge >= 0.3 is 11.7 Å². The molecular formula is C22H31NO4. The molecule has 0 spiro atoms. The van der Waals surface area contributed by atoms with Crippen LogP contribution in [0.3, 0.4) is 0 Å². The van der Waals surface area contributed by atoms with Gasteiger partial charge in [-0.3, -0.25) is 10.1 Å². The standard InChI is InChI=1S/C22H31NO4/c1-2-3-4-5-6-7-8-9-10-11-12-13-14-15-16-17-18-19-20-21(22(24)25)23(26)27/h10-20H,2-9H2,1H3,(H,24,25). The van der Waals surface area contributed by atoms with E-state index in [1.165, 1.54) is 57.1 Å². The largest absolute Gasteiger partial charge is 0.473 e. The minimum absolute atomic E-state index is 0.860. The van der Waals surface area contributed by atoms with E-state index >= 15 is 0 Å². The average Bonchev–Trinajstić information content (AvgIpc) is 2.63. The summed E-state index contributed by atoms with van der Waals surface area (Å²) in [5.41, 5.74) is -0.860. The van der Waals surface area contributed by atoms with Gasteiger partial charge in [0.1, 0.15) is 0 Å². The molecule has 0 atom stereocenters. The summed E-state index contributed by atoms with van der Waals surface area (Å²) in [5, 5.41) is 19.0. The van der Waals surface area contributed by atoms with Gasteiger partial charge in [-0.1, -0.05) is 106 Å². The van der Waals surface area contributed by atoms with Crippen LogP contribution in [0.4, 0.5) is 0 Å². The highest BCUT2D eigenvalue weighted by molar-refractivity contribution is 5.84. The first-order valence-corrected chi connectivity index (χ1v) is 9.50. The van der Waals surface area contributed by atoms with Crippen molar-refractivity contribution in [2.45, 2.75) is 58.3 Å². The predicted molar refractivity (Wildman–Crippen MR) is 111 cm³/mol. The van der Waals surface area contributed by atoms with Crippen LogP contribution in [0.1, 0.15) is 58.3 Å². The number of unbranched alkanes of at least 4 members (excludes halogenated alkanes) is 7. The number of nitrogens with zero attached hydrogens (tertiary/aromatic N) is 1. The lowest BCUT2D eigenvalue weighted by Gasteiger charge is -1.98. The summed E-state index contributed by atoms with van der Waals surface area (Å²) < 4.78 is 0.